The Morgan fingerprint density at radius 1 is 1.03 bits per heavy atom. The molecule has 7 nitrogen and oxygen atoms in total. The van der Waals surface area contributed by atoms with Gasteiger partial charge in [0.1, 0.15) is 12.4 Å². The smallest absolute Gasteiger partial charge is 0.308 e. The maximum absolute atomic E-state index is 13.3. The molecule has 0 spiro atoms. The van der Waals surface area contributed by atoms with Gasteiger partial charge in [-0.3, -0.25) is 19.3 Å². The van der Waals surface area contributed by atoms with Gasteiger partial charge >= 0.3 is 5.97 Å². The second kappa shape index (κ2) is 10.2. The zero-order valence-corrected chi connectivity index (χ0v) is 19.2. The molecule has 0 aliphatic carbocycles. The lowest BCUT2D eigenvalue weighted by molar-refractivity contribution is -0.147. The quantitative estimate of drug-likeness (QED) is 0.514. The molecule has 0 unspecified atom stereocenters. The Morgan fingerprint density at radius 2 is 1.76 bits per heavy atom. The van der Waals surface area contributed by atoms with Crippen LogP contribution in [0.5, 0.6) is 5.75 Å². The van der Waals surface area contributed by atoms with Crippen molar-refractivity contribution in [1.82, 2.24) is 9.80 Å². The largest absolute Gasteiger partial charge is 0.491 e. The van der Waals surface area contributed by atoms with Crippen LogP contribution < -0.4 is 4.74 Å². The summed E-state index contributed by atoms with van der Waals surface area (Å²) in [6.45, 7) is 5.24. The van der Waals surface area contributed by atoms with Crippen LogP contribution >= 0.6 is 0 Å². The number of ether oxygens (including phenoxy) is 2. The summed E-state index contributed by atoms with van der Waals surface area (Å²) in [6.07, 6.45) is 1.61. The van der Waals surface area contributed by atoms with Gasteiger partial charge in [0, 0.05) is 24.2 Å². The highest BCUT2D eigenvalue weighted by atomic mass is 16.5. The first-order valence-corrected chi connectivity index (χ1v) is 11.4. The predicted octanol–water partition coefficient (Wildman–Crippen LogP) is 3.31. The van der Waals surface area contributed by atoms with Crippen LogP contribution in [0.3, 0.4) is 0 Å². The Balaban J connectivity index is 1.46. The number of ketones is 1. The molecular formula is C26H30N2O5. The number of carbonyl (C=O) groups is 3. The summed E-state index contributed by atoms with van der Waals surface area (Å²) in [5, 5.41) is 0. The molecule has 33 heavy (non-hydrogen) atoms. The van der Waals surface area contributed by atoms with Crippen molar-refractivity contribution in [3.8, 4) is 5.75 Å². The van der Waals surface area contributed by atoms with E-state index in [2.05, 4.69) is 17.0 Å². The van der Waals surface area contributed by atoms with E-state index in [1.54, 1.807) is 29.2 Å². The summed E-state index contributed by atoms with van der Waals surface area (Å²) in [5.74, 6) is 0.381. The molecule has 1 amide bonds. The fraction of sp³-hybridized carbons (Fsp3) is 0.423. The highest BCUT2D eigenvalue weighted by molar-refractivity contribution is 6.07. The first-order chi connectivity index (χ1) is 16.0. The van der Waals surface area contributed by atoms with Crippen LogP contribution in [0.1, 0.15) is 51.6 Å². The number of esters is 1. The Morgan fingerprint density at radius 3 is 2.45 bits per heavy atom. The summed E-state index contributed by atoms with van der Waals surface area (Å²) in [7, 11) is 1.44. The summed E-state index contributed by atoms with van der Waals surface area (Å²) in [5.41, 5.74) is 2.98. The Labute approximate surface area is 194 Å². The molecule has 0 bridgehead atoms. The van der Waals surface area contributed by atoms with Gasteiger partial charge in [0.05, 0.1) is 25.1 Å². The standard InChI is InChI=1S/C26H30N2O5/c1-18(29)22-5-3-4-6-23(22)25(30)28-13-14-33-24-8-7-19(15-21(24)17-28)16-27-11-9-20(10-12-27)26(31)32-2/h3-8,15,20H,9-14,16-17H2,1-2H3. The van der Waals surface area contributed by atoms with E-state index in [1.165, 1.54) is 14.0 Å². The van der Waals surface area contributed by atoms with Gasteiger partial charge in [-0.15, -0.1) is 0 Å². The average molecular weight is 451 g/mol. The Kier molecular flexibility index (Phi) is 7.08. The molecule has 1 saturated heterocycles. The van der Waals surface area contributed by atoms with Crippen LogP contribution in [0.15, 0.2) is 42.5 Å². The molecule has 1 fully saturated rings. The molecular weight excluding hydrogens is 420 g/mol. The van der Waals surface area contributed by atoms with Crippen molar-refractivity contribution in [3.05, 3.63) is 64.7 Å². The first-order valence-electron chi connectivity index (χ1n) is 11.4. The minimum Gasteiger partial charge on any atom is -0.491 e. The van der Waals surface area contributed by atoms with Crippen LogP contribution in [-0.4, -0.2) is 60.8 Å². The highest BCUT2D eigenvalue weighted by Gasteiger charge is 2.27. The van der Waals surface area contributed by atoms with Crippen molar-refractivity contribution in [3.63, 3.8) is 0 Å². The minimum absolute atomic E-state index is 0.0101. The molecule has 174 valence electrons. The molecule has 2 aromatic carbocycles. The number of nitrogens with zero attached hydrogens (tertiary/aromatic N) is 2. The normalized spacial score (nSPS) is 17.0. The lowest BCUT2D eigenvalue weighted by atomic mass is 9.96. The summed E-state index contributed by atoms with van der Waals surface area (Å²) in [4.78, 5) is 41.1. The van der Waals surface area contributed by atoms with E-state index in [0.717, 1.165) is 49.4 Å². The lowest BCUT2D eigenvalue weighted by Crippen LogP contribution is -2.36. The number of rotatable bonds is 5. The predicted molar refractivity (Wildman–Crippen MR) is 123 cm³/mol. The van der Waals surface area contributed by atoms with Crippen LogP contribution in [0.2, 0.25) is 0 Å². The van der Waals surface area contributed by atoms with Crippen LogP contribution in [0, 0.1) is 5.92 Å². The van der Waals surface area contributed by atoms with Gasteiger partial charge in [0.25, 0.3) is 5.91 Å². The maximum atomic E-state index is 13.3. The maximum Gasteiger partial charge on any atom is 0.308 e. The second-order valence-electron chi connectivity index (χ2n) is 8.69. The number of Topliss-reactive ketones (excluding diaryl/α,β-unsaturated/α-hetero) is 1. The number of carbonyl (C=O) groups excluding carboxylic acids is 3. The van der Waals surface area contributed by atoms with Gasteiger partial charge < -0.3 is 14.4 Å². The molecule has 2 aromatic rings. The summed E-state index contributed by atoms with van der Waals surface area (Å²) >= 11 is 0. The van der Waals surface area contributed by atoms with Crippen molar-refractivity contribution >= 4 is 17.7 Å². The van der Waals surface area contributed by atoms with E-state index >= 15 is 0 Å². The molecule has 0 saturated carbocycles. The monoisotopic (exact) mass is 450 g/mol. The fourth-order valence-electron chi connectivity index (χ4n) is 4.62. The Bertz CT molecular complexity index is 1040. The van der Waals surface area contributed by atoms with Gasteiger partial charge in [-0.05, 0) is 56.6 Å². The third-order valence-electron chi connectivity index (χ3n) is 6.46. The summed E-state index contributed by atoms with van der Waals surface area (Å²) < 4.78 is 10.8. The van der Waals surface area contributed by atoms with Gasteiger partial charge in [-0.1, -0.05) is 24.3 Å². The van der Waals surface area contributed by atoms with E-state index in [4.69, 9.17) is 9.47 Å². The van der Waals surface area contributed by atoms with Crippen molar-refractivity contribution in [1.29, 1.82) is 0 Å². The molecule has 0 aromatic heterocycles. The van der Waals surface area contributed by atoms with E-state index in [9.17, 15) is 14.4 Å². The topological polar surface area (TPSA) is 76.2 Å². The number of likely N-dealkylation sites (tertiary alicyclic amines) is 1. The number of methoxy groups -OCH3 is 1. The molecule has 0 N–H and O–H groups in total. The van der Waals surface area contributed by atoms with Crippen LogP contribution in [0.25, 0.3) is 0 Å². The van der Waals surface area contributed by atoms with E-state index in [1.807, 2.05) is 6.07 Å². The fourth-order valence-corrected chi connectivity index (χ4v) is 4.62. The zero-order chi connectivity index (χ0) is 23.4. The van der Waals surface area contributed by atoms with Crippen LogP contribution in [0.4, 0.5) is 0 Å². The minimum atomic E-state index is -0.160. The van der Waals surface area contributed by atoms with Crippen molar-refractivity contribution in [2.75, 3.05) is 33.4 Å². The second-order valence-corrected chi connectivity index (χ2v) is 8.69. The molecule has 7 heteroatoms. The van der Waals surface area contributed by atoms with Gasteiger partial charge in [0.15, 0.2) is 5.78 Å². The molecule has 4 rings (SSSR count). The number of piperidine rings is 1. The van der Waals surface area contributed by atoms with Gasteiger partial charge in [-0.2, -0.15) is 0 Å². The van der Waals surface area contributed by atoms with Crippen molar-refractivity contribution in [2.45, 2.75) is 32.9 Å². The third-order valence-corrected chi connectivity index (χ3v) is 6.46. The SMILES string of the molecule is COC(=O)C1CCN(Cc2ccc3c(c2)CN(C(=O)c2ccccc2C(C)=O)CCO3)CC1. The number of hydrogen-bond acceptors (Lipinski definition) is 6. The number of benzene rings is 2. The van der Waals surface area contributed by atoms with Gasteiger partial charge in [0.2, 0.25) is 0 Å². The average Bonchev–Trinajstić information content (AvgIpc) is 3.05. The number of amides is 1. The van der Waals surface area contributed by atoms with E-state index < -0.39 is 0 Å². The molecule has 0 radical (unpaired) electrons. The highest BCUT2D eigenvalue weighted by Crippen LogP contribution is 2.27. The third kappa shape index (κ3) is 5.25. The van der Waals surface area contributed by atoms with E-state index in [0.29, 0.717) is 30.8 Å². The van der Waals surface area contributed by atoms with Crippen molar-refractivity contribution < 1.29 is 23.9 Å². The Hall–Kier alpha value is -3.19. The molecule has 2 heterocycles. The number of hydrogen-bond donors (Lipinski definition) is 0. The molecule has 0 atom stereocenters. The number of fused-ring (bicyclic) bond motifs is 1. The molecule has 2 aliphatic heterocycles. The van der Waals surface area contributed by atoms with Crippen LogP contribution in [-0.2, 0) is 22.6 Å². The van der Waals surface area contributed by atoms with E-state index in [-0.39, 0.29) is 23.6 Å². The zero-order valence-electron chi connectivity index (χ0n) is 19.2. The van der Waals surface area contributed by atoms with Crippen molar-refractivity contribution in [2.24, 2.45) is 5.92 Å². The molecule has 2 aliphatic rings. The first kappa shape index (κ1) is 23.0. The lowest BCUT2D eigenvalue weighted by Gasteiger charge is -2.30. The summed E-state index contributed by atoms with van der Waals surface area (Å²) in [6, 6.07) is 13.1. The van der Waals surface area contributed by atoms with Gasteiger partial charge in [-0.25, -0.2) is 0 Å².